The average molecular weight is 366 g/mol. The molecule has 2 radical (unpaired) electrons. The summed E-state index contributed by atoms with van der Waals surface area (Å²) in [7, 11) is 4.53. The molecule has 144 valence electrons. The first kappa shape index (κ1) is 26.6. The highest BCUT2D eigenvalue weighted by atomic mass is 32.2. The van der Waals surface area contributed by atoms with Gasteiger partial charge in [-0.15, -0.1) is 0 Å². The molecule has 0 saturated carbocycles. The second-order valence-corrected chi connectivity index (χ2v) is 8.94. The molecule has 1 rings (SSSR count). The number of unbranched alkanes of at least 4 members (excludes halogenated alkanes) is 1. The quantitative estimate of drug-likeness (QED) is 0.748. The van der Waals surface area contributed by atoms with Crippen LogP contribution in [0.25, 0.3) is 0 Å². The van der Waals surface area contributed by atoms with Gasteiger partial charge in [-0.1, -0.05) is 62.5 Å². The molecule has 0 aliphatic heterocycles. The van der Waals surface area contributed by atoms with Gasteiger partial charge in [-0.3, -0.25) is 0 Å². The molecule has 0 spiro atoms. The summed E-state index contributed by atoms with van der Waals surface area (Å²) in [5.41, 5.74) is 7.57. The SMILES string of the molecule is CC.CCCCN(CCCN)S(=O)C(C)(C)C.[B]c1ccc(C)cc1. The first-order valence-corrected chi connectivity index (χ1v) is 10.5. The van der Waals surface area contributed by atoms with E-state index in [1.165, 1.54) is 5.56 Å². The monoisotopic (exact) mass is 366 g/mol. The minimum Gasteiger partial charge on any atom is -0.330 e. The van der Waals surface area contributed by atoms with Gasteiger partial charge in [0.2, 0.25) is 0 Å². The molecule has 2 N–H and O–H groups in total. The van der Waals surface area contributed by atoms with Crippen molar-refractivity contribution in [3.63, 3.8) is 0 Å². The first-order chi connectivity index (χ1) is 11.7. The van der Waals surface area contributed by atoms with Gasteiger partial charge in [0.15, 0.2) is 0 Å². The zero-order valence-electron chi connectivity index (χ0n) is 17.5. The van der Waals surface area contributed by atoms with Gasteiger partial charge in [-0.25, -0.2) is 8.51 Å². The molecule has 0 bridgehead atoms. The van der Waals surface area contributed by atoms with E-state index in [9.17, 15) is 4.21 Å². The number of hydrogen-bond acceptors (Lipinski definition) is 2. The zero-order chi connectivity index (χ0) is 19.9. The maximum atomic E-state index is 12.2. The van der Waals surface area contributed by atoms with E-state index in [1.807, 2.05) is 65.8 Å². The van der Waals surface area contributed by atoms with Crippen molar-refractivity contribution < 1.29 is 4.21 Å². The summed E-state index contributed by atoms with van der Waals surface area (Å²) in [5.74, 6) is 0. The molecule has 1 aromatic rings. The van der Waals surface area contributed by atoms with Crippen LogP contribution in [0.1, 0.15) is 66.4 Å². The molecule has 0 saturated heterocycles. The molecule has 1 unspecified atom stereocenters. The maximum Gasteiger partial charge on any atom is 0.113 e. The van der Waals surface area contributed by atoms with Gasteiger partial charge in [0.25, 0.3) is 0 Å². The number of nitrogens with two attached hydrogens (primary N) is 1. The van der Waals surface area contributed by atoms with Crippen molar-refractivity contribution >= 4 is 24.3 Å². The predicted octanol–water partition coefficient (Wildman–Crippen LogP) is 3.71. The van der Waals surface area contributed by atoms with Crippen LogP contribution in [0.15, 0.2) is 24.3 Å². The molecule has 25 heavy (non-hydrogen) atoms. The van der Waals surface area contributed by atoms with E-state index >= 15 is 0 Å². The Hall–Kier alpha value is -0.645. The molecule has 0 amide bonds. The number of nitrogens with zero attached hydrogens (tertiary/aromatic N) is 1. The van der Waals surface area contributed by atoms with Crippen molar-refractivity contribution in [2.45, 2.75) is 72.5 Å². The predicted molar refractivity (Wildman–Crippen MR) is 116 cm³/mol. The number of benzene rings is 1. The summed E-state index contributed by atoms with van der Waals surface area (Å²) < 4.78 is 14.1. The zero-order valence-corrected chi connectivity index (χ0v) is 18.3. The fraction of sp³-hybridized carbons (Fsp3) is 0.700. The summed E-state index contributed by atoms with van der Waals surface area (Å²) in [5, 5.41) is 0. The van der Waals surface area contributed by atoms with Crippen molar-refractivity contribution in [2.24, 2.45) is 5.73 Å². The van der Waals surface area contributed by atoms with Gasteiger partial charge >= 0.3 is 0 Å². The molecule has 0 heterocycles. The van der Waals surface area contributed by atoms with Gasteiger partial charge < -0.3 is 5.73 Å². The van der Waals surface area contributed by atoms with Crippen LogP contribution >= 0.6 is 0 Å². The van der Waals surface area contributed by atoms with E-state index in [4.69, 9.17) is 13.6 Å². The maximum absolute atomic E-state index is 12.2. The van der Waals surface area contributed by atoms with Gasteiger partial charge in [0.1, 0.15) is 7.85 Å². The van der Waals surface area contributed by atoms with Crippen LogP contribution in [0.2, 0.25) is 0 Å². The fourth-order valence-electron chi connectivity index (χ4n) is 1.83. The van der Waals surface area contributed by atoms with E-state index in [0.29, 0.717) is 6.54 Å². The van der Waals surface area contributed by atoms with Gasteiger partial charge in [-0.2, -0.15) is 0 Å². The van der Waals surface area contributed by atoms with Crippen molar-refractivity contribution in [2.75, 3.05) is 19.6 Å². The van der Waals surface area contributed by atoms with Crippen molar-refractivity contribution in [1.29, 1.82) is 0 Å². The summed E-state index contributed by atoms with van der Waals surface area (Å²) in [6.45, 7) is 16.7. The van der Waals surface area contributed by atoms with Crippen LogP contribution in [0, 0.1) is 6.92 Å². The summed E-state index contributed by atoms with van der Waals surface area (Å²) in [4.78, 5) is 0. The Bertz CT molecular complexity index is 415. The third-order valence-electron chi connectivity index (χ3n) is 3.21. The Balaban J connectivity index is 0. The molecule has 1 atom stereocenters. The van der Waals surface area contributed by atoms with Crippen LogP contribution in [0.5, 0.6) is 0 Å². The highest BCUT2D eigenvalue weighted by Crippen LogP contribution is 2.16. The Kier molecular flexibility index (Phi) is 16.6. The van der Waals surface area contributed by atoms with E-state index in [1.54, 1.807) is 0 Å². The normalized spacial score (nSPS) is 11.9. The van der Waals surface area contributed by atoms with Crippen LogP contribution in [0.4, 0.5) is 0 Å². The van der Waals surface area contributed by atoms with Gasteiger partial charge in [-0.05, 0) is 47.1 Å². The summed E-state index contributed by atoms with van der Waals surface area (Å²) in [6, 6.07) is 7.79. The van der Waals surface area contributed by atoms with Gasteiger partial charge in [0.05, 0.1) is 15.7 Å². The first-order valence-electron chi connectivity index (χ1n) is 9.41. The Morgan fingerprint density at radius 1 is 1.08 bits per heavy atom. The van der Waals surface area contributed by atoms with Crippen LogP contribution in [-0.4, -0.2) is 40.7 Å². The summed E-state index contributed by atoms with van der Waals surface area (Å²) in [6.07, 6.45) is 3.17. The lowest BCUT2D eigenvalue weighted by atomic mass is 9.96. The molecule has 0 fully saturated rings. The topological polar surface area (TPSA) is 46.3 Å². The van der Waals surface area contributed by atoms with Crippen LogP contribution in [0.3, 0.4) is 0 Å². The lowest BCUT2D eigenvalue weighted by Crippen LogP contribution is -2.39. The van der Waals surface area contributed by atoms with Crippen LogP contribution < -0.4 is 11.2 Å². The summed E-state index contributed by atoms with van der Waals surface area (Å²) >= 11 is 0. The molecular formula is C20H39BN2OS. The lowest BCUT2D eigenvalue weighted by Gasteiger charge is -2.28. The lowest BCUT2D eigenvalue weighted by molar-refractivity contribution is 0.416. The number of rotatable bonds is 7. The molecule has 3 nitrogen and oxygen atoms in total. The smallest absolute Gasteiger partial charge is 0.113 e. The second kappa shape index (κ2) is 15.6. The molecule has 5 heteroatoms. The van der Waals surface area contributed by atoms with E-state index in [2.05, 4.69) is 11.2 Å². The Labute approximate surface area is 160 Å². The Morgan fingerprint density at radius 2 is 1.56 bits per heavy atom. The molecular weight excluding hydrogens is 327 g/mol. The van der Waals surface area contributed by atoms with E-state index in [0.717, 1.165) is 37.8 Å². The molecule has 0 aliphatic carbocycles. The van der Waals surface area contributed by atoms with Gasteiger partial charge in [0, 0.05) is 13.1 Å². The highest BCUT2D eigenvalue weighted by Gasteiger charge is 2.25. The van der Waals surface area contributed by atoms with Crippen molar-refractivity contribution in [3.05, 3.63) is 29.8 Å². The molecule has 1 aromatic carbocycles. The number of aryl methyl sites for hydroxylation is 1. The minimum absolute atomic E-state index is 0.164. The molecule has 0 aromatic heterocycles. The number of hydrogen-bond donors (Lipinski definition) is 1. The second-order valence-electron chi connectivity index (χ2n) is 6.70. The van der Waals surface area contributed by atoms with Crippen molar-refractivity contribution in [1.82, 2.24) is 4.31 Å². The third-order valence-corrected chi connectivity index (χ3v) is 5.09. The fourth-order valence-corrected chi connectivity index (χ4v) is 3.20. The van der Waals surface area contributed by atoms with Crippen LogP contribution in [-0.2, 0) is 11.0 Å². The molecule has 0 aliphatic rings. The highest BCUT2D eigenvalue weighted by molar-refractivity contribution is 7.84. The standard InChI is InChI=1S/C11H26N2OS.C7H7B.C2H6/c1-5-6-9-13(10-7-8-12)15(14)11(2,3)4;1-6-2-4-7(8)5-3-6;1-2/h5-10,12H2,1-4H3;2-5H,1H3;1-2H3. The van der Waals surface area contributed by atoms with Crippen molar-refractivity contribution in [3.8, 4) is 0 Å². The van der Waals surface area contributed by atoms with E-state index < -0.39 is 11.0 Å². The van der Waals surface area contributed by atoms with E-state index in [-0.39, 0.29) is 4.75 Å². The minimum atomic E-state index is -0.900. The largest absolute Gasteiger partial charge is 0.330 e. The average Bonchev–Trinajstić information content (AvgIpc) is 2.59. The third kappa shape index (κ3) is 14.2. The Morgan fingerprint density at radius 3 is 1.92 bits per heavy atom.